The van der Waals surface area contributed by atoms with Gasteiger partial charge in [0.25, 0.3) is 0 Å². The van der Waals surface area contributed by atoms with Gasteiger partial charge in [0.15, 0.2) is 0 Å². The van der Waals surface area contributed by atoms with Crippen molar-refractivity contribution < 1.29 is 0 Å². The van der Waals surface area contributed by atoms with E-state index < -0.39 is 0 Å². The molecule has 0 aromatic carbocycles. The second kappa shape index (κ2) is 5.47. The summed E-state index contributed by atoms with van der Waals surface area (Å²) in [6, 6.07) is 2.12. The summed E-state index contributed by atoms with van der Waals surface area (Å²) in [5.41, 5.74) is 6.90. The van der Waals surface area contributed by atoms with Gasteiger partial charge in [-0.2, -0.15) is 0 Å². The van der Waals surface area contributed by atoms with E-state index in [1.165, 1.54) is 5.56 Å². The Balaban J connectivity index is 2.60. The van der Waals surface area contributed by atoms with Crippen molar-refractivity contribution in [2.75, 3.05) is 6.54 Å². The van der Waals surface area contributed by atoms with E-state index in [1.807, 2.05) is 6.20 Å². The number of pyridine rings is 1. The van der Waals surface area contributed by atoms with Gasteiger partial charge in [0.1, 0.15) is 0 Å². The molecule has 2 nitrogen and oxygen atoms in total. The van der Waals surface area contributed by atoms with E-state index in [2.05, 4.69) is 40.8 Å². The molecule has 0 spiro atoms. The van der Waals surface area contributed by atoms with E-state index in [-0.39, 0.29) is 0 Å². The highest BCUT2D eigenvalue weighted by atomic mass is 79.9. The van der Waals surface area contributed by atoms with Gasteiger partial charge in [-0.15, -0.1) is 0 Å². The molecule has 0 radical (unpaired) electrons. The zero-order valence-corrected chi connectivity index (χ0v) is 10.3. The Kier molecular flexibility index (Phi) is 4.55. The zero-order valence-electron chi connectivity index (χ0n) is 8.70. The van der Waals surface area contributed by atoms with Gasteiger partial charge >= 0.3 is 0 Å². The van der Waals surface area contributed by atoms with Crippen LogP contribution < -0.4 is 5.73 Å². The van der Waals surface area contributed by atoms with Gasteiger partial charge in [-0.25, -0.2) is 0 Å². The molecule has 1 heterocycles. The van der Waals surface area contributed by atoms with Crippen LogP contribution in [0, 0.1) is 11.8 Å². The second-order valence-electron chi connectivity index (χ2n) is 3.91. The Morgan fingerprint density at radius 3 is 2.64 bits per heavy atom. The van der Waals surface area contributed by atoms with E-state index in [1.54, 1.807) is 6.20 Å². The lowest BCUT2D eigenvalue weighted by Gasteiger charge is -2.17. The molecule has 2 unspecified atom stereocenters. The maximum atomic E-state index is 5.63. The Labute approximate surface area is 94.0 Å². The van der Waals surface area contributed by atoms with Gasteiger partial charge in [0, 0.05) is 16.9 Å². The lowest BCUT2D eigenvalue weighted by atomic mass is 9.90. The average molecular weight is 257 g/mol. The van der Waals surface area contributed by atoms with Gasteiger partial charge in [-0.05, 0) is 52.4 Å². The molecule has 3 heteroatoms. The summed E-state index contributed by atoms with van der Waals surface area (Å²) >= 11 is 3.42. The number of hydrogen-bond acceptors (Lipinski definition) is 2. The molecule has 0 amide bonds. The molecule has 1 aromatic rings. The van der Waals surface area contributed by atoms with Crippen molar-refractivity contribution in [1.29, 1.82) is 0 Å². The predicted octanol–water partition coefficient (Wildman–Crippen LogP) is 2.62. The molecule has 0 fully saturated rings. The first-order valence-corrected chi connectivity index (χ1v) is 5.72. The first-order valence-electron chi connectivity index (χ1n) is 4.93. The largest absolute Gasteiger partial charge is 0.330 e. The number of aromatic nitrogens is 1. The highest BCUT2D eigenvalue weighted by Gasteiger charge is 2.11. The summed E-state index contributed by atoms with van der Waals surface area (Å²) < 4.78 is 1.04. The molecule has 1 rings (SSSR count). The third-order valence-electron chi connectivity index (χ3n) is 2.66. The Morgan fingerprint density at radius 2 is 2.07 bits per heavy atom. The van der Waals surface area contributed by atoms with E-state index >= 15 is 0 Å². The van der Waals surface area contributed by atoms with Crippen LogP contribution >= 0.6 is 15.9 Å². The number of hydrogen-bond donors (Lipinski definition) is 1. The quantitative estimate of drug-likeness (QED) is 0.900. The smallest absolute Gasteiger partial charge is 0.0410 e. The summed E-state index contributed by atoms with van der Waals surface area (Å²) in [6.07, 6.45) is 4.77. The van der Waals surface area contributed by atoms with Gasteiger partial charge in [0.05, 0.1) is 0 Å². The molecule has 0 saturated heterocycles. The van der Waals surface area contributed by atoms with Crippen molar-refractivity contribution in [2.24, 2.45) is 17.6 Å². The van der Waals surface area contributed by atoms with Gasteiger partial charge < -0.3 is 5.73 Å². The van der Waals surface area contributed by atoms with Crippen LogP contribution in [0.1, 0.15) is 19.4 Å². The van der Waals surface area contributed by atoms with E-state index in [9.17, 15) is 0 Å². The summed E-state index contributed by atoms with van der Waals surface area (Å²) in [5.74, 6) is 1.17. The van der Waals surface area contributed by atoms with Crippen molar-refractivity contribution >= 4 is 15.9 Å². The van der Waals surface area contributed by atoms with E-state index in [0.29, 0.717) is 11.8 Å². The minimum absolute atomic E-state index is 0.564. The fourth-order valence-electron chi connectivity index (χ4n) is 1.37. The fourth-order valence-corrected chi connectivity index (χ4v) is 1.79. The van der Waals surface area contributed by atoms with Crippen molar-refractivity contribution in [3.05, 3.63) is 28.5 Å². The predicted molar refractivity (Wildman–Crippen MR) is 63.0 cm³/mol. The zero-order chi connectivity index (χ0) is 10.6. The maximum Gasteiger partial charge on any atom is 0.0410 e. The molecule has 0 aliphatic rings. The Morgan fingerprint density at radius 1 is 1.36 bits per heavy atom. The standard InChI is InChI=1S/C11H17BrN2/c1-8(9(2)5-13)3-10-4-11(12)7-14-6-10/h4,6-9H,3,5,13H2,1-2H3. The summed E-state index contributed by atoms with van der Waals surface area (Å²) in [7, 11) is 0. The van der Waals surface area contributed by atoms with Crippen molar-refractivity contribution in [3.8, 4) is 0 Å². The minimum atomic E-state index is 0.564. The maximum absolute atomic E-state index is 5.63. The molecule has 2 atom stereocenters. The van der Waals surface area contributed by atoms with Gasteiger partial charge in [-0.1, -0.05) is 13.8 Å². The van der Waals surface area contributed by atoms with Crippen LogP contribution in [0.4, 0.5) is 0 Å². The molecule has 0 bridgehead atoms. The molecule has 14 heavy (non-hydrogen) atoms. The highest BCUT2D eigenvalue weighted by molar-refractivity contribution is 9.10. The molecular weight excluding hydrogens is 240 g/mol. The lowest BCUT2D eigenvalue weighted by Crippen LogP contribution is -2.20. The first kappa shape index (κ1) is 11.7. The number of rotatable bonds is 4. The number of nitrogens with zero attached hydrogens (tertiary/aromatic N) is 1. The average Bonchev–Trinajstić information content (AvgIpc) is 2.16. The topological polar surface area (TPSA) is 38.9 Å². The van der Waals surface area contributed by atoms with Gasteiger partial charge in [-0.3, -0.25) is 4.98 Å². The minimum Gasteiger partial charge on any atom is -0.330 e. The summed E-state index contributed by atoms with van der Waals surface area (Å²) in [6.45, 7) is 5.18. The fraction of sp³-hybridized carbons (Fsp3) is 0.545. The number of nitrogens with two attached hydrogens (primary N) is 1. The summed E-state index contributed by atoms with van der Waals surface area (Å²) in [5, 5.41) is 0. The monoisotopic (exact) mass is 256 g/mol. The molecular formula is C11H17BrN2. The lowest BCUT2D eigenvalue weighted by molar-refractivity contribution is 0.394. The normalized spacial score (nSPS) is 15.1. The molecule has 2 N–H and O–H groups in total. The van der Waals surface area contributed by atoms with Gasteiger partial charge in [0.2, 0.25) is 0 Å². The van der Waals surface area contributed by atoms with Crippen LogP contribution in [0.15, 0.2) is 22.9 Å². The van der Waals surface area contributed by atoms with E-state index in [4.69, 9.17) is 5.73 Å². The summed E-state index contributed by atoms with van der Waals surface area (Å²) in [4.78, 5) is 4.14. The molecule has 0 saturated carbocycles. The van der Waals surface area contributed by atoms with Crippen molar-refractivity contribution in [1.82, 2.24) is 4.98 Å². The van der Waals surface area contributed by atoms with Crippen molar-refractivity contribution in [2.45, 2.75) is 20.3 Å². The molecule has 78 valence electrons. The van der Waals surface area contributed by atoms with E-state index in [0.717, 1.165) is 17.4 Å². The third-order valence-corrected chi connectivity index (χ3v) is 3.10. The van der Waals surface area contributed by atoms with Crippen LogP contribution in [0.25, 0.3) is 0 Å². The van der Waals surface area contributed by atoms with Crippen molar-refractivity contribution in [3.63, 3.8) is 0 Å². The SMILES string of the molecule is CC(CN)C(C)Cc1cncc(Br)c1. The molecule has 0 aliphatic heterocycles. The number of halogens is 1. The molecule has 0 aliphatic carbocycles. The third kappa shape index (κ3) is 3.39. The highest BCUT2D eigenvalue weighted by Crippen LogP contribution is 2.17. The second-order valence-corrected chi connectivity index (χ2v) is 4.82. The molecule has 1 aromatic heterocycles. The Bertz CT molecular complexity index is 288. The van der Waals surface area contributed by atoms with Crippen LogP contribution in [0.2, 0.25) is 0 Å². The Hall–Kier alpha value is -0.410. The van der Waals surface area contributed by atoms with Crippen LogP contribution in [0.5, 0.6) is 0 Å². The van der Waals surface area contributed by atoms with Crippen LogP contribution in [0.3, 0.4) is 0 Å². The van der Waals surface area contributed by atoms with Crippen LogP contribution in [-0.4, -0.2) is 11.5 Å². The van der Waals surface area contributed by atoms with Crippen LogP contribution in [-0.2, 0) is 6.42 Å². The first-order chi connectivity index (χ1) is 6.63.